The van der Waals surface area contributed by atoms with Gasteiger partial charge in [-0.25, -0.2) is 4.98 Å². The lowest BCUT2D eigenvalue weighted by atomic mass is 9.48. The predicted octanol–water partition coefficient (Wildman–Crippen LogP) is 3.93. The Morgan fingerprint density at radius 1 is 1.19 bits per heavy atom. The van der Waals surface area contributed by atoms with Crippen LogP contribution in [-0.4, -0.2) is 11.0 Å². The molecule has 3 heteroatoms. The highest BCUT2D eigenvalue weighted by atomic mass is 16.3. The summed E-state index contributed by atoms with van der Waals surface area (Å²) in [6, 6.07) is 0.495. The van der Waals surface area contributed by atoms with Crippen molar-refractivity contribution in [2.45, 2.75) is 71.4 Å². The first-order valence-electron chi connectivity index (χ1n) is 8.76. The molecule has 3 nitrogen and oxygen atoms in total. The van der Waals surface area contributed by atoms with E-state index in [1.807, 2.05) is 0 Å². The fourth-order valence-electron chi connectivity index (χ4n) is 5.73. The Morgan fingerprint density at radius 3 is 2.38 bits per heavy atom. The third-order valence-corrected chi connectivity index (χ3v) is 6.10. The SMILES string of the molecule is CC(C)NCc1ncoc1CC12CC3CC(CC(C3)C1)C2. The number of nitrogens with one attached hydrogen (secondary N) is 1. The van der Waals surface area contributed by atoms with Crippen LogP contribution < -0.4 is 5.32 Å². The van der Waals surface area contributed by atoms with Gasteiger partial charge in [0.15, 0.2) is 6.39 Å². The monoisotopic (exact) mass is 288 g/mol. The van der Waals surface area contributed by atoms with Crippen molar-refractivity contribution in [1.82, 2.24) is 10.3 Å². The van der Waals surface area contributed by atoms with Crippen LogP contribution in [0.4, 0.5) is 0 Å². The molecule has 1 N–H and O–H groups in total. The number of oxazole rings is 1. The Balaban J connectivity index is 1.50. The topological polar surface area (TPSA) is 38.1 Å². The summed E-state index contributed by atoms with van der Waals surface area (Å²) in [4.78, 5) is 4.46. The van der Waals surface area contributed by atoms with Gasteiger partial charge in [0.25, 0.3) is 0 Å². The van der Waals surface area contributed by atoms with Crippen molar-refractivity contribution in [1.29, 1.82) is 0 Å². The second-order valence-corrected chi connectivity index (χ2v) is 8.35. The van der Waals surface area contributed by atoms with E-state index < -0.39 is 0 Å². The van der Waals surface area contributed by atoms with E-state index >= 15 is 0 Å². The van der Waals surface area contributed by atoms with Gasteiger partial charge in [-0.05, 0) is 61.7 Å². The lowest BCUT2D eigenvalue weighted by Gasteiger charge is -2.56. The molecule has 0 amide bonds. The van der Waals surface area contributed by atoms with E-state index in [9.17, 15) is 0 Å². The van der Waals surface area contributed by atoms with Crippen molar-refractivity contribution in [2.75, 3.05) is 0 Å². The van der Waals surface area contributed by atoms with Gasteiger partial charge < -0.3 is 9.73 Å². The summed E-state index contributed by atoms with van der Waals surface area (Å²) in [6.45, 7) is 5.20. The van der Waals surface area contributed by atoms with Gasteiger partial charge in [0.2, 0.25) is 0 Å². The van der Waals surface area contributed by atoms with Gasteiger partial charge in [-0.15, -0.1) is 0 Å². The highest BCUT2D eigenvalue weighted by molar-refractivity contribution is 5.13. The molecule has 1 aromatic heterocycles. The van der Waals surface area contributed by atoms with Gasteiger partial charge in [0.05, 0.1) is 5.69 Å². The largest absolute Gasteiger partial charge is 0.448 e. The van der Waals surface area contributed by atoms with E-state index in [0.29, 0.717) is 11.5 Å². The molecule has 0 aromatic carbocycles. The first-order chi connectivity index (χ1) is 10.1. The van der Waals surface area contributed by atoms with Gasteiger partial charge in [-0.2, -0.15) is 0 Å². The third-order valence-electron chi connectivity index (χ3n) is 6.10. The van der Waals surface area contributed by atoms with Crippen molar-refractivity contribution in [3.8, 4) is 0 Å². The van der Waals surface area contributed by atoms with Gasteiger partial charge in [-0.3, -0.25) is 0 Å². The van der Waals surface area contributed by atoms with E-state index in [2.05, 4.69) is 24.1 Å². The summed E-state index contributed by atoms with van der Waals surface area (Å²) >= 11 is 0. The van der Waals surface area contributed by atoms with E-state index in [1.54, 1.807) is 6.39 Å². The van der Waals surface area contributed by atoms with Gasteiger partial charge >= 0.3 is 0 Å². The molecule has 4 aliphatic rings. The van der Waals surface area contributed by atoms with E-state index in [0.717, 1.165) is 42.2 Å². The summed E-state index contributed by atoms with van der Waals surface area (Å²) in [5.41, 5.74) is 1.68. The minimum Gasteiger partial charge on any atom is -0.448 e. The van der Waals surface area contributed by atoms with Gasteiger partial charge in [0, 0.05) is 19.0 Å². The standard InChI is InChI=1S/C18H28N2O/c1-12(2)19-10-16-17(21-11-20-16)9-18-6-13-3-14(7-18)5-15(4-13)8-18/h11-15,19H,3-10H2,1-2H3. The number of aromatic nitrogens is 1. The van der Waals surface area contributed by atoms with Crippen LogP contribution in [0.5, 0.6) is 0 Å². The normalized spacial score (nSPS) is 37.6. The molecule has 0 aliphatic heterocycles. The summed E-state index contributed by atoms with van der Waals surface area (Å²) in [5.74, 6) is 4.19. The molecule has 116 valence electrons. The van der Waals surface area contributed by atoms with Crippen LogP contribution in [0.15, 0.2) is 10.8 Å². The summed E-state index contributed by atoms with van der Waals surface area (Å²) in [6.07, 6.45) is 11.6. The second-order valence-electron chi connectivity index (χ2n) is 8.35. The Labute approximate surface area is 127 Å². The maximum absolute atomic E-state index is 5.78. The van der Waals surface area contributed by atoms with Crippen LogP contribution in [0.2, 0.25) is 0 Å². The number of hydrogen-bond acceptors (Lipinski definition) is 3. The molecule has 4 bridgehead atoms. The van der Waals surface area contributed by atoms with Crippen LogP contribution in [0.3, 0.4) is 0 Å². The van der Waals surface area contributed by atoms with Crippen LogP contribution in [0.1, 0.15) is 63.8 Å². The number of rotatable bonds is 5. The average Bonchev–Trinajstić information content (AvgIpc) is 2.81. The Bertz CT molecular complexity index is 470. The molecular formula is C18H28N2O. The highest BCUT2D eigenvalue weighted by Gasteiger charge is 2.51. The van der Waals surface area contributed by atoms with Crippen molar-refractivity contribution in [3.63, 3.8) is 0 Å². The minimum atomic E-state index is 0.495. The number of hydrogen-bond donors (Lipinski definition) is 1. The smallest absolute Gasteiger partial charge is 0.181 e. The maximum atomic E-state index is 5.78. The first-order valence-corrected chi connectivity index (χ1v) is 8.76. The molecule has 0 saturated heterocycles. The van der Waals surface area contributed by atoms with Crippen LogP contribution in [0, 0.1) is 23.2 Å². The molecule has 21 heavy (non-hydrogen) atoms. The fourth-order valence-corrected chi connectivity index (χ4v) is 5.73. The first kappa shape index (κ1) is 13.8. The molecule has 0 spiro atoms. The molecule has 0 radical (unpaired) electrons. The molecule has 4 aliphatic carbocycles. The summed E-state index contributed by atoms with van der Waals surface area (Å²) < 4.78 is 5.78. The van der Waals surface area contributed by atoms with Crippen molar-refractivity contribution in [2.24, 2.45) is 23.2 Å². The molecule has 4 fully saturated rings. The fraction of sp³-hybridized carbons (Fsp3) is 0.833. The molecule has 1 heterocycles. The van der Waals surface area contributed by atoms with Gasteiger partial charge in [-0.1, -0.05) is 13.8 Å². The van der Waals surface area contributed by atoms with E-state index in [4.69, 9.17) is 4.42 Å². The van der Waals surface area contributed by atoms with E-state index in [1.165, 1.54) is 38.5 Å². The highest BCUT2D eigenvalue weighted by Crippen LogP contribution is 2.61. The quantitative estimate of drug-likeness (QED) is 0.892. The zero-order valence-electron chi connectivity index (χ0n) is 13.4. The maximum Gasteiger partial charge on any atom is 0.181 e. The zero-order valence-corrected chi connectivity index (χ0v) is 13.4. The van der Waals surface area contributed by atoms with Crippen LogP contribution >= 0.6 is 0 Å². The molecule has 0 atom stereocenters. The zero-order chi connectivity index (χ0) is 14.4. The van der Waals surface area contributed by atoms with Crippen molar-refractivity contribution < 1.29 is 4.42 Å². The molecular weight excluding hydrogens is 260 g/mol. The van der Waals surface area contributed by atoms with Crippen LogP contribution in [0.25, 0.3) is 0 Å². The van der Waals surface area contributed by atoms with E-state index in [-0.39, 0.29) is 0 Å². The predicted molar refractivity (Wildman–Crippen MR) is 82.8 cm³/mol. The summed E-state index contributed by atoms with van der Waals surface area (Å²) in [5, 5.41) is 3.47. The van der Waals surface area contributed by atoms with Crippen molar-refractivity contribution in [3.05, 3.63) is 17.8 Å². The summed E-state index contributed by atoms with van der Waals surface area (Å²) in [7, 11) is 0. The third kappa shape index (κ3) is 2.65. The molecule has 4 saturated carbocycles. The average molecular weight is 288 g/mol. The molecule has 5 rings (SSSR count). The Hall–Kier alpha value is -0.830. The second kappa shape index (κ2) is 5.12. The van der Waals surface area contributed by atoms with Crippen molar-refractivity contribution >= 4 is 0 Å². The molecule has 1 aromatic rings. The Kier molecular flexibility index (Phi) is 3.36. The van der Waals surface area contributed by atoms with Crippen LogP contribution in [-0.2, 0) is 13.0 Å². The lowest BCUT2D eigenvalue weighted by Crippen LogP contribution is -2.47. The lowest BCUT2D eigenvalue weighted by molar-refractivity contribution is -0.0546. The number of nitrogens with zero attached hydrogens (tertiary/aromatic N) is 1. The van der Waals surface area contributed by atoms with Gasteiger partial charge in [0.1, 0.15) is 5.76 Å². The molecule has 0 unspecified atom stereocenters. The Morgan fingerprint density at radius 2 is 1.81 bits per heavy atom. The minimum absolute atomic E-state index is 0.495.